The van der Waals surface area contributed by atoms with Crippen molar-refractivity contribution in [3.8, 4) is 0 Å². The van der Waals surface area contributed by atoms with Gasteiger partial charge in [-0.2, -0.15) is 0 Å². The molecule has 0 radical (unpaired) electrons. The van der Waals surface area contributed by atoms with Crippen molar-refractivity contribution in [2.75, 3.05) is 5.75 Å². The first-order valence-corrected chi connectivity index (χ1v) is 8.08. The van der Waals surface area contributed by atoms with Crippen LogP contribution in [-0.4, -0.2) is 20.7 Å². The molecule has 0 saturated heterocycles. The van der Waals surface area contributed by atoms with E-state index in [0.717, 1.165) is 15.9 Å². The molecule has 0 aliphatic heterocycles. The highest BCUT2D eigenvalue weighted by molar-refractivity contribution is 9.10. The zero-order chi connectivity index (χ0) is 13.8. The Kier molecular flexibility index (Phi) is 5.40. The highest BCUT2D eigenvalue weighted by Gasteiger charge is 2.19. The van der Waals surface area contributed by atoms with Gasteiger partial charge in [0.05, 0.1) is 11.7 Å². The Hall–Kier alpha value is -0.410. The standard InChI is InChI=1S/C11H13Br2N5S/c1-18-10(11(13)16-17-18)9(15-14)6-19-8-4-2-7(12)3-5-8/h2-5,9,15H,6,14H2,1H3. The fraction of sp³-hybridized carbons (Fsp3) is 0.273. The van der Waals surface area contributed by atoms with Crippen LogP contribution >= 0.6 is 43.6 Å². The minimum atomic E-state index is -0.0250. The summed E-state index contributed by atoms with van der Waals surface area (Å²) < 4.78 is 3.51. The Bertz CT molecular complexity index is 523. The van der Waals surface area contributed by atoms with Gasteiger partial charge in [0.2, 0.25) is 0 Å². The number of nitrogens with one attached hydrogen (secondary N) is 1. The zero-order valence-electron chi connectivity index (χ0n) is 10.2. The van der Waals surface area contributed by atoms with Crippen LogP contribution in [0, 0.1) is 0 Å². The Morgan fingerprint density at radius 1 is 1.37 bits per heavy atom. The van der Waals surface area contributed by atoms with E-state index in [1.807, 2.05) is 19.2 Å². The van der Waals surface area contributed by atoms with Gasteiger partial charge in [0, 0.05) is 22.2 Å². The Morgan fingerprint density at radius 2 is 2.05 bits per heavy atom. The maximum atomic E-state index is 5.63. The molecule has 1 aromatic carbocycles. The molecule has 0 fully saturated rings. The van der Waals surface area contributed by atoms with Gasteiger partial charge in [0.25, 0.3) is 0 Å². The first kappa shape index (κ1) is 15.0. The molecule has 1 aromatic heterocycles. The number of aromatic nitrogens is 3. The maximum Gasteiger partial charge on any atom is 0.153 e. The predicted octanol–water partition coefficient (Wildman–Crippen LogP) is 2.64. The Labute approximate surface area is 132 Å². The molecule has 1 unspecified atom stereocenters. The number of thioether (sulfide) groups is 1. The summed E-state index contributed by atoms with van der Waals surface area (Å²) in [5.41, 5.74) is 3.74. The number of hydrogen-bond acceptors (Lipinski definition) is 5. The van der Waals surface area contributed by atoms with Crippen molar-refractivity contribution >= 4 is 43.6 Å². The van der Waals surface area contributed by atoms with E-state index in [-0.39, 0.29) is 6.04 Å². The molecule has 5 nitrogen and oxygen atoms in total. The van der Waals surface area contributed by atoms with Crippen molar-refractivity contribution in [1.82, 2.24) is 20.4 Å². The quantitative estimate of drug-likeness (QED) is 0.453. The van der Waals surface area contributed by atoms with Crippen LogP contribution < -0.4 is 11.3 Å². The lowest BCUT2D eigenvalue weighted by Crippen LogP contribution is -2.31. The summed E-state index contributed by atoms with van der Waals surface area (Å²) in [4.78, 5) is 1.19. The number of nitrogens with zero attached hydrogens (tertiary/aromatic N) is 3. The van der Waals surface area contributed by atoms with Gasteiger partial charge >= 0.3 is 0 Å². The third-order valence-corrected chi connectivity index (χ3v) is 4.79. The second kappa shape index (κ2) is 6.85. The summed E-state index contributed by atoms with van der Waals surface area (Å²) in [7, 11) is 1.85. The van der Waals surface area contributed by atoms with Crippen molar-refractivity contribution < 1.29 is 0 Å². The molecule has 0 amide bonds. The number of aryl methyl sites for hydroxylation is 1. The molecule has 2 rings (SSSR count). The highest BCUT2D eigenvalue weighted by Crippen LogP contribution is 2.27. The van der Waals surface area contributed by atoms with E-state index < -0.39 is 0 Å². The number of halogens is 2. The van der Waals surface area contributed by atoms with Gasteiger partial charge in [0.15, 0.2) is 4.60 Å². The van der Waals surface area contributed by atoms with E-state index in [9.17, 15) is 0 Å². The first-order chi connectivity index (χ1) is 9.11. The monoisotopic (exact) mass is 405 g/mol. The summed E-state index contributed by atoms with van der Waals surface area (Å²) in [6.07, 6.45) is 0. The number of nitrogens with two attached hydrogens (primary N) is 1. The summed E-state index contributed by atoms with van der Waals surface area (Å²) >= 11 is 8.54. The molecule has 8 heteroatoms. The van der Waals surface area contributed by atoms with Gasteiger partial charge in [-0.1, -0.05) is 21.1 Å². The second-order valence-electron chi connectivity index (χ2n) is 3.87. The van der Waals surface area contributed by atoms with Gasteiger partial charge < -0.3 is 0 Å². The molecule has 0 aliphatic carbocycles. The molecule has 102 valence electrons. The molecular weight excluding hydrogens is 394 g/mol. The number of hydrogen-bond donors (Lipinski definition) is 2. The normalized spacial score (nSPS) is 12.6. The average molecular weight is 407 g/mol. The second-order valence-corrected chi connectivity index (χ2v) is 6.63. The molecule has 1 heterocycles. The first-order valence-electron chi connectivity index (χ1n) is 5.51. The average Bonchev–Trinajstić information content (AvgIpc) is 2.73. The molecule has 19 heavy (non-hydrogen) atoms. The van der Waals surface area contributed by atoms with Crippen LogP contribution in [0.1, 0.15) is 11.7 Å². The zero-order valence-corrected chi connectivity index (χ0v) is 14.2. The summed E-state index contributed by atoms with van der Waals surface area (Å²) in [5.74, 6) is 6.42. The lowest BCUT2D eigenvalue weighted by Gasteiger charge is -2.15. The number of benzene rings is 1. The minimum Gasteiger partial charge on any atom is -0.271 e. The molecule has 0 aliphatic rings. The van der Waals surface area contributed by atoms with Gasteiger partial charge in [0.1, 0.15) is 0 Å². The van der Waals surface area contributed by atoms with E-state index in [0.29, 0.717) is 4.60 Å². The van der Waals surface area contributed by atoms with Gasteiger partial charge in [-0.25, -0.2) is 4.68 Å². The van der Waals surface area contributed by atoms with Gasteiger partial charge in [-0.15, -0.1) is 16.9 Å². The number of hydrazine groups is 1. The molecule has 0 spiro atoms. The molecule has 2 aromatic rings. The van der Waals surface area contributed by atoms with Crippen LogP contribution in [0.2, 0.25) is 0 Å². The van der Waals surface area contributed by atoms with Gasteiger partial charge in [-0.05, 0) is 40.2 Å². The minimum absolute atomic E-state index is 0.0250. The summed E-state index contributed by atoms with van der Waals surface area (Å²) in [5, 5.41) is 7.93. The SMILES string of the molecule is Cn1nnc(Br)c1C(CSc1ccc(Br)cc1)NN. The van der Waals surface area contributed by atoms with Crippen LogP contribution in [0.15, 0.2) is 38.2 Å². The van der Waals surface area contributed by atoms with Crippen molar-refractivity contribution in [2.45, 2.75) is 10.9 Å². The van der Waals surface area contributed by atoms with E-state index >= 15 is 0 Å². The largest absolute Gasteiger partial charge is 0.271 e. The highest BCUT2D eigenvalue weighted by atomic mass is 79.9. The van der Waals surface area contributed by atoms with E-state index in [4.69, 9.17) is 5.84 Å². The molecule has 0 saturated carbocycles. The van der Waals surface area contributed by atoms with E-state index in [1.165, 1.54) is 4.90 Å². The Balaban J connectivity index is 2.06. The predicted molar refractivity (Wildman–Crippen MR) is 83.6 cm³/mol. The van der Waals surface area contributed by atoms with Crippen LogP contribution in [0.3, 0.4) is 0 Å². The van der Waals surface area contributed by atoms with E-state index in [2.05, 4.69) is 59.7 Å². The number of rotatable bonds is 5. The maximum absolute atomic E-state index is 5.63. The van der Waals surface area contributed by atoms with Crippen molar-refractivity contribution in [2.24, 2.45) is 12.9 Å². The smallest absolute Gasteiger partial charge is 0.153 e. The molecular formula is C11H13Br2N5S. The lowest BCUT2D eigenvalue weighted by molar-refractivity contribution is 0.550. The van der Waals surface area contributed by atoms with Crippen LogP contribution in [0.25, 0.3) is 0 Å². The topological polar surface area (TPSA) is 68.8 Å². The molecule has 3 N–H and O–H groups in total. The Morgan fingerprint density at radius 3 is 2.58 bits per heavy atom. The summed E-state index contributed by atoms with van der Waals surface area (Å²) in [6.45, 7) is 0. The third kappa shape index (κ3) is 3.79. The van der Waals surface area contributed by atoms with Crippen molar-refractivity contribution in [3.05, 3.63) is 39.0 Å². The molecule has 1 atom stereocenters. The fourth-order valence-electron chi connectivity index (χ4n) is 1.62. The van der Waals surface area contributed by atoms with Crippen LogP contribution in [-0.2, 0) is 7.05 Å². The van der Waals surface area contributed by atoms with E-state index in [1.54, 1.807) is 16.4 Å². The van der Waals surface area contributed by atoms with Crippen LogP contribution in [0.4, 0.5) is 0 Å². The third-order valence-electron chi connectivity index (χ3n) is 2.59. The van der Waals surface area contributed by atoms with Crippen molar-refractivity contribution in [1.29, 1.82) is 0 Å². The fourth-order valence-corrected chi connectivity index (χ4v) is 3.43. The summed E-state index contributed by atoms with van der Waals surface area (Å²) in [6, 6.07) is 8.16. The molecule has 0 bridgehead atoms. The van der Waals surface area contributed by atoms with Crippen molar-refractivity contribution in [3.63, 3.8) is 0 Å². The lowest BCUT2D eigenvalue weighted by atomic mass is 10.3. The van der Waals surface area contributed by atoms with Crippen LogP contribution in [0.5, 0.6) is 0 Å². The van der Waals surface area contributed by atoms with Gasteiger partial charge in [-0.3, -0.25) is 11.3 Å².